The largest absolute Gasteiger partial charge is 0.369 e. The van der Waals surface area contributed by atoms with Crippen molar-refractivity contribution in [3.05, 3.63) is 29.8 Å². The van der Waals surface area contributed by atoms with Gasteiger partial charge in [0.15, 0.2) is 5.78 Å². The minimum absolute atomic E-state index is 0.0875. The van der Waals surface area contributed by atoms with Gasteiger partial charge in [-0.25, -0.2) is 0 Å². The number of hydrogen-bond acceptors (Lipinski definition) is 4. The first-order chi connectivity index (χ1) is 9.11. The van der Waals surface area contributed by atoms with E-state index in [9.17, 15) is 4.79 Å². The van der Waals surface area contributed by atoms with Crippen molar-refractivity contribution in [3.63, 3.8) is 0 Å². The average molecular weight is 257 g/mol. The standard InChI is InChI=1S/C15H19N3O/c1-12(19)13-4-3-5-14(10-13)18-9-8-17(2)15(11-18)6-7-16/h3-5,10,15H,6,8-9,11H2,1-2H3. The van der Waals surface area contributed by atoms with Gasteiger partial charge in [-0.15, -0.1) is 0 Å². The fraction of sp³-hybridized carbons (Fsp3) is 0.467. The molecule has 4 nitrogen and oxygen atoms in total. The molecular formula is C15H19N3O. The van der Waals surface area contributed by atoms with Gasteiger partial charge in [0.2, 0.25) is 0 Å². The lowest BCUT2D eigenvalue weighted by Crippen LogP contribution is -2.51. The summed E-state index contributed by atoms with van der Waals surface area (Å²) in [6.45, 7) is 4.30. The third kappa shape index (κ3) is 3.12. The van der Waals surface area contributed by atoms with Crippen LogP contribution in [0.2, 0.25) is 0 Å². The van der Waals surface area contributed by atoms with Crippen LogP contribution < -0.4 is 4.90 Å². The number of Topliss-reactive ketones (excluding diaryl/α,β-unsaturated/α-hetero) is 1. The van der Waals surface area contributed by atoms with Crippen molar-refractivity contribution in [2.45, 2.75) is 19.4 Å². The summed E-state index contributed by atoms with van der Waals surface area (Å²) in [5.74, 6) is 0.0875. The Kier molecular flexibility index (Phi) is 4.18. The van der Waals surface area contributed by atoms with Gasteiger partial charge in [0.1, 0.15) is 0 Å². The van der Waals surface area contributed by atoms with Crippen molar-refractivity contribution in [1.82, 2.24) is 4.90 Å². The predicted molar refractivity (Wildman–Crippen MR) is 75.3 cm³/mol. The second-order valence-corrected chi connectivity index (χ2v) is 5.05. The van der Waals surface area contributed by atoms with E-state index in [1.54, 1.807) is 6.92 Å². The molecule has 0 saturated carbocycles. The van der Waals surface area contributed by atoms with E-state index in [0.29, 0.717) is 6.42 Å². The lowest BCUT2D eigenvalue weighted by Gasteiger charge is -2.39. The first kappa shape index (κ1) is 13.6. The number of benzene rings is 1. The minimum atomic E-state index is 0.0875. The molecule has 19 heavy (non-hydrogen) atoms. The van der Waals surface area contributed by atoms with Gasteiger partial charge >= 0.3 is 0 Å². The number of likely N-dealkylation sites (N-methyl/N-ethyl adjacent to an activating group) is 1. The Hall–Kier alpha value is -1.86. The van der Waals surface area contributed by atoms with Crippen molar-refractivity contribution >= 4 is 11.5 Å². The van der Waals surface area contributed by atoms with E-state index < -0.39 is 0 Å². The molecule has 1 saturated heterocycles. The number of carbonyl (C=O) groups excluding carboxylic acids is 1. The number of nitrogens with zero attached hydrogens (tertiary/aromatic N) is 3. The number of nitriles is 1. The fourth-order valence-corrected chi connectivity index (χ4v) is 2.43. The molecule has 0 spiro atoms. The van der Waals surface area contributed by atoms with Crippen LogP contribution in [0.15, 0.2) is 24.3 Å². The molecule has 1 aliphatic rings. The van der Waals surface area contributed by atoms with Gasteiger partial charge in [-0.2, -0.15) is 5.26 Å². The van der Waals surface area contributed by atoms with Gasteiger partial charge in [0.25, 0.3) is 0 Å². The van der Waals surface area contributed by atoms with Crippen molar-refractivity contribution < 1.29 is 4.79 Å². The van der Waals surface area contributed by atoms with Gasteiger partial charge in [0.05, 0.1) is 12.5 Å². The highest BCUT2D eigenvalue weighted by Gasteiger charge is 2.24. The summed E-state index contributed by atoms with van der Waals surface area (Å²) in [6.07, 6.45) is 0.541. The molecule has 1 heterocycles. The van der Waals surface area contributed by atoms with Crippen LogP contribution in [-0.4, -0.2) is 43.4 Å². The Morgan fingerprint density at radius 3 is 2.95 bits per heavy atom. The Bertz CT molecular complexity index is 506. The first-order valence-corrected chi connectivity index (χ1v) is 6.55. The van der Waals surface area contributed by atoms with E-state index in [1.807, 2.05) is 24.3 Å². The molecular weight excluding hydrogens is 238 g/mol. The maximum absolute atomic E-state index is 11.4. The van der Waals surface area contributed by atoms with Gasteiger partial charge in [-0.3, -0.25) is 9.69 Å². The number of ketones is 1. The zero-order valence-corrected chi connectivity index (χ0v) is 11.5. The zero-order chi connectivity index (χ0) is 13.8. The third-order valence-electron chi connectivity index (χ3n) is 3.72. The Balaban J connectivity index is 2.16. The Morgan fingerprint density at radius 1 is 1.47 bits per heavy atom. The summed E-state index contributed by atoms with van der Waals surface area (Å²) in [6, 6.07) is 10.2. The van der Waals surface area contributed by atoms with Crippen LogP contribution in [0.4, 0.5) is 5.69 Å². The molecule has 0 bridgehead atoms. The van der Waals surface area contributed by atoms with E-state index in [1.165, 1.54) is 0 Å². The van der Waals surface area contributed by atoms with Gasteiger partial charge in [-0.05, 0) is 26.1 Å². The molecule has 0 aliphatic carbocycles. The monoisotopic (exact) mass is 257 g/mol. The number of carbonyl (C=O) groups is 1. The predicted octanol–water partition coefficient (Wildman–Crippen LogP) is 1.92. The summed E-state index contributed by atoms with van der Waals surface area (Å²) in [5, 5.41) is 8.87. The molecule has 0 aromatic heterocycles. The molecule has 1 unspecified atom stereocenters. The number of piperazine rings is 1. The van der Waals surface area contributed by atoms with Crippen molar-refractivity contribution in [2.75, 3.05) is 31.6 Å². The van der Waals surface area contributed by atoms with Gasteiger partial charge in [0, 0.05) is 36.9 Å². The van der Waals surface area contributed by atoms with E-state index in [-0.39, 0.29) is 11.8 Å². The van der Waals surface area contributed by atoms with Crippen LogP contribution in [-0.2, 0) is 0 Å². The summed E-state index contributed by atoms with van der Waals surface area (Å²) in [5.41, 5.74) is 1.82. The molecule has 1 aliphatic heterocycles. The van der Waals surface area contributed by atoms with E-state index in [4.69, 9.17) is 5.26 Å². The molecule has 4 heteroatoms. The lowest BCUT2D eigenvalue weighted by molar-refractivity contribution is 0.101. The van der Waals surface area contributed by atoms with Gasteiger partial charge in [-0.1, -0.05) is 12.1 Å². The second-order valence-electron chi connectivity index (χ2n) is 5.05. The maximum atomic E-state index is 11.4. The summed E-state index contributed by atoms with van der Waals surface area (Å²) >= 11 is 0. The molecule has 1 aromatic carbocycles. The fourth-order valence-electron chi connectivity index (χ4n) is 2.43. The molecule has 0 N–H and O–H groups in total. The van der Waals surface area contributed by atoms with Crippen LogP contribution in [0.3, 0.4) is 0 Å². The minimum Gasteiger partial charge on any atom is -0.369 e. The molecule has 1 atom stereocenters. The summed E-state index contributed by atoms with van der Waals surface area (Å²) in [7, 11) is 2.06. The average Bonchev–Trinajstić information content (AvgIpc) is 2.41. The summed E-state index contributed by atoms with van der Waals surface area (Å²) in [4.78, 5) is 15.9. The normalized spacial score (nSPS) is 20.1. The van der Waals surface area contributed by atoms with Crippen LogP contribution in [0.25, 0.3) is 0 Å². The van der Waals surface area contributed by atoms with Crippen molar-refractivity contribution in [1.29, 1.82) is 5.26 Å². The third-order valence-corrected chi connectivity index (χ3v) is 3.72. The quantitative estimate of drug-likeness (QED) is 0.776. The topological polar surface area (TPSA) is 47.3 Å². The summed E-state index contributed by atoms with van der Waals surface area (Å²) < 4.78 is 0. The van der Waals surface area contributed by atoms with Crippen LogP contribution >= 0.6 is 0 Å². The Morgan fingerprint density at radius 2 is 2.26 bits per heavy atom. The molecule has 2 rings (SSSR count). The molecule has 100 valence electrons. The number of hydrogen-bond donors (Lipinski definition) is 0. The van der Waals surface area contributed by atoms with Crippen LogP contribution in [0.5, 0.6) is 0 Å². The first-order valence-electron chi connectivity index (χ1n) is 6.55. The van der Waals surface area contributed by atoms with Crippen molar-refractivity contribution in [3.8, 4) is 6.07 Å². The Labute approximate surface area is 114 Å². The highest BCUT2D eigenvalue weighted by Crippen LogP contribution is 2.21. The molecule has 0 radical (unpaired) electrons. The van der Waals surface area contributed by atoms with E-state index in [0.717, 1.165) is 30.9 Å². The SMILES string of the molecule is CC(=O)c1cccc(N2CCN(C)C(CC#N)C2)c1. The van der Waals surface area contributed by atoms with Crippen LogP contribution in [0.1, 0.15) is 23.7 Å². The van der Waals surface area contributed by atoms with Gasteiger partial charge < -0.3 is 4.90 Å². The molecule has 1 fully saturated rings. The van der Waals surface area contributed by atoms with E-state index >= 15 is 0 Å². The second kappa shape index (κ2) is 5.85. The number of rotatable bonds is 3. The molecule has 0 amide bonds. The van der Waals surface area contributed by atoms with Crippen molar-refractivity contribution in [2.24, 2.45) is 0 Å². The highest BCUT2D eigenvalue weighted by atomic mass is 16.1. The maximum Gasteiger partial charge on any atom is 0.159 e. The lowest BCUT2D eigenvalue weighted by atomic mass is 10.1. The zero-order valence-electron chi connectivity index (χ0n) is 11.5. The highest BCUT2D eigenvalue weighted by molar-refractivity contribution is 5.94. The number of anilines is 1. The smallest absolute Gasteiger partial charge is 0.159 e. The van der Waals surface area contributed by atoms with E-state index in [2.05, 4.69) is 22.9 Å². The van der Waals surface area contributed by atoms with Crippen LogP contribution in [0, 0.1) is 11.3 Å². The molecule has 1 aromatic rings.